The van der Waals surface area contributed by atoms with Crippen molar-refractivity contribution < 1.29 is 0 Å². The fourth-order valence-corrected chi connectivity index (χ4v) is 3.00. The van der Waals surface area contributed by atoms with E-state index in [2.05, 4.69) is 22.4 Å². The minimum absolute atomic E-state index is 0.554. The maximum Gasteiger partial charge on any atom is 0.231 e. The van der Waals surface area contributed by atoms with Gasteiger partial charge in [-0.15, -0.1) is 0 Å². The number of nitrogens with one attached hydrogen (secondary N) is 1. The first-order valence-electron chi connectivity index (χ1n) is 8.13. The van der Waals surface area contributed by atoms with Crippen LogP contribution in [0.4, 0.5) is 17.5 Å². The zero-order chi connectivity index (χ0) is 15.4. The van der Waals surface area contributed by atoms with E-state index in [1.54, 1.807) is 0 Å². The molecule has 1 aliphatic carbocycles. The second kappa shape index (κ2) is 6.77. The van der Waals surface area contributed by atoms with Crippen molar-refractivity contribution in [1.82, 2.24) is 9.97 Å². The highest BCUT2D eigenvalue weighted by Crippen LogP contribution is 2.24. The zero-order valence-electron chi connectivity index (χ0n) is 13.4. The predicted octanol–water partition coefficient (Wildman–Crippen LogP) is 4.30. The Bertz CT molecular complexity index is 606. The molecule has 0 spiro atoms. The van der Waals surface area contributed by atoms with E-state index in [1.807, 2.05) is 43.1 Å². The summed E-state index contributed by atoms with van der Waals surface area (Å²) in [5.74, 6) is 1.68. The van der Waals surface area contributed by atoms with Gasteiger partial charge in [-0.25, -0.2) is 4.98 Å². The first-order valence-corrected chi connectivity index (χ1v) is 8.13. The van der Waals surface area contributed by atoms with E-state index in [0.29, 0.717) is 6.04 Å². The third kappa shape index (κ3) is 3.56. The van der Waals surface area contributed by atoms with Crippen LogP contribution >= 0.6 is 0 Å². The fraction of sp³-hybridized carbons (Fsp3) is 0.444. The molecular weight excluding hydrogens is 272 g/mol. The number of aromatic nitrogens is 2. The standard InChI is InChI=1S/C18H24N4/c1-14-13-17(20-15-9-5-3-6-10-15)21-18(19-14)22(2)16-11-7-4-8-12-16/h4,7-8,11-13,15H,3,5-6,9-10H2,1-2H3,(H,19,20,21). The Balaban J connectivity index is 1.80. The van der Waals surface area contributed by atoms with E-state index < -0.39 is 0 Å². The topological polar surface area (TPSA) is 41.1 Å². The van der Waals surface area contributed by atoms with Crippen LogP contribution in [0.1, 0.15) is 37.8 Å². The lowest BCUT2D eigenvalue weighted by atomic mass is 9.95. The molecule has 0 aliphatic heterocycles. The van der Waals surface area contributed by atoms with Crippen molar-refractivity contribution in [2.24, 2.45) is 0 Å². The number of para-hydroxylation sites is 1. The smallest absolute Gasteiger partial charge is 0.231 e. The van der Waals surface area contributed by atoms with Crippen LogP contribution in [0, 0.1) is 6.92 Å². The van der Waals surface area contributed by atoms with E-state index in [-0.39, 0.29) is 0 Å². The van der Waals surface area contributed by atoms with Crippen molar-refractivity contribution in [3.05, 3.63) is 42.1 Å². The lowest BCUT2D eigenvalue weighted by Crippen LogP contribution is -2.23. The van der Waals surface area contributed by atoms with Crippen molar-refractivity contribution in [3.63, 3.8) is 0 Å². The predicted molar refractivity (Wildman–Crippen MR) is 91.8 cm³/mol. The van der Waals surface area contributed by atoms with Gasteiger partial charge in [-0.2, -0.15) is 4.98 Å². The minimum Gasteiger partial charge on any atom is -0.367 e. The molecule has 0 saturated heterocycles. The molecule has 116 valence electrons. The van der Waals surface area contributed by atoms with Crippen LogP contribution in [0.25, 0.3) is 0 Å². The van der Waals surface area contributed by atoms with E-state index >= 15 is 0 Å². The van der Waals surface area contributed by atoms with Crippen LogP contribution in [-0.2, 0) is 0 Å². The monoisotopic (exact) mass is 296 g/mol. The Hall–Kier alpha value is -2.10. The number of hydrogen-bond donors (Lipinski definition) is 1. The maximum absolute atomic E-state index is 4.71. The molecule has 0 amide bonds. The van der Waals surface area contributed by atoms with Gasteiger partial charge in [0.2, 0.25) is 5.95 Å². The summed E-state index contributed by atoms with van der Waals surface area (Å²) in [4.78, 5) is 11.3. The Kier molecular flexibility index (Phi) is 4.56. The van der Waals surface area contributed by atoms with Gasteiger partial charge in [0.1, 0.15) is 5.82 Å². The first kappa shape index (κ1) is 14.8. The summed E-state index contributed by atoms with van der Waals surface area (Å²) in [6, 6.07) is 12.8. The Morgan fingerprint density at radius 3 is 2.50 bits per heavy atom. The summed E-state index contributed by atoms with van der Waals surface area (Å²) >= 11 is 0. The first-order chi connectivity index (χ1) is 10.7. The number of hydrogen-bond acceptors (Lipinski definition) is 4. The average Bonchev–Trinajstić information content (AvgIpc) is 2.55. The maximum atomic E-state index is 4.71. The second-order valence-corrected chi connectivity index (χ2v) is 6.07. The molecule has 2 aromatic rings. The van der Waals surface area contributed by atoms with E-state index in [1.165, 1.54) is 32.1 Å². The SMILES string of the molecule is Cc1cc(NC2CCCCC2)nc(N(C)c2ccccc2)n1. The summed E-state index contributed by atoms with van der Waals surface area (Å²) in [6.45, 7) is 2.02. The van der Waals surface area contributed by atoms with Gasteiger partial charge < -0.3 is 10.2 Å². The largest absolute Gasteiger partial charge is 0.367 e. The quantitative estimate of drug-likeness (QED) is 0.913. The highest BCUT2D eigenvalue weighted by Gasteiger charge is 2.15. The third-order valence-electron chi connectivity index (χ3n) is 4.24. The molecule has 1 aliphatic rings. The molecule has 3 rings (SSSR count). The normalized spacial score (nSPS) is 15.5. The lowest BCUT2D eigenvalue weighted by molar-refractivity contribution is 0.462. The van der Waals surface area contributed by atoms with Crippen LogP contribution in [0.2, 0.25) is 0 Å². The molecule has 0 atom stereocenters. The van der Waals surface area contributed by atoms with Crippen molar-refractivity contribution in [2.75, 3.05) is 17.3 Å². The molecule has 1 fully saturated rings. The van der Waals surface area contributed by atoms with Crippen molar-refractivity contribution >= 4 is 17.5 Å². The fourth-order valence-electron chi connectivity index (χ4n) is 3.00. The molecule has 22 heavy (non-hydrogen) atoms. The number of nitrogens with zero attached hydrogens (tertiary/aromatic N) is 3. The van der Waals surface area contributed by atoms with Crippen LogP contribution in [0.3, 0.4) is 0 Å². The van der Waals surface area contributed by atoms with Crippen LogP contribution in [0.5, 0.6) is 0 Å². The summed E-state index contributed by atoms with van der Waals surface area (Å²) in [7, 11) is 2.01. The molecule has 1 saturated carbocycles. The molecule has 1 N–H and O–H groups in total. The van der Waals surface area contributed by atoms with Gasteiger partial charge in [0, 0.05) is 30.5 Å². The number of anilines is 3. The van der Waals surface area contributed by atoms with Gasteiger partial charge in [-0.05, 0) is 31.9 Å². The van der Waals surface area contributed by atoms with Crippen LogP contribution < -0.4 is 10.2 Å². The summed E-state index contributed by atoms with van der Waals surface area (Å²) in [6.07, 6.45) is 6.49. The van der Waals surface area contributed by atoms with Gasteiger partial charge in [0.25, 0.3) is 0 Å². The van der Waals surface area contributed by atoms with Crippen molar-refractivity contribution in [1.29, 1.82) is 0 Å². The number of aryl methyl sites for hydroxylation is 1. The van der Waals surface area contributed by atoms with E-state index in [9.17, 15) is 0 Å². The molecule has 1 aromatic carbocycles. The van der Waals surface area contributed by atoms with Crippen molar-refractivity contribution in [2.45, 2.75) is 45.1 Å². The van der Waals surface area contributed by atoms with E-state index in [4.69, 9.17) is 4.98 Å². The van der Waals surface area contributed by atoms with Gasteiger partial charge in [0.15, 0.2) is 0 Å². The molecule has 1 heterocycles. The Morgan fingerprint density at radius 2 is 1.77 bits per heavy atom. The van der Waals surface area contributed by atoms with Gasteiger partial charge in [0.05, 0.1) is 0 Å². The summed E-state index contributed by atoms with van der Waals surface area (Å²) < 4.78 is 0. The number of benzene rings is 1. The van der Waals surface area contributed by atoms with Crippen LogP contribution in [-0.4, -0.2) is 23.1 Å². The molecular formula is C18H24N4. The molecule has 0 radical (unpaired) electrons. The third-order valence-corrected chi connectivity index (χ3v) is 4.24. The highest BCUT2D eigenvalue weighted by atomic mass is 15.3. The zero-order valence-corrected chi connectivity index (χ0v) is 13.4. The number of rotatable bonds is 4. The Labute approximate surface area is 132 Å². The Morgan fingerprint density at radius 1 is 1.05 bits per heavy atom. The second-order valence-electron chi connectivity index (χ2n) is 6.07. The molecule has 1 aromatic heterocycles. The molecule has 4 heteroatoms. The van der Waals surface area contributed by atoms with Gasteiger partial charge in [-0.1, -0.05) is 37.5 Å². The lowest BCUT2D eigenvalue weighted by Gasteiger charge is -2.24. The summed E-state index contributed by atoms with van der Waals surface area (Å²) in [5.41, 5.74) is 2.09. The summed E-state index contributed by atoms with van der Waals surface area (Å²) in [5, 5.41) is 3.59. The van der Waals surface area contributed by atoms with Gasteiger partial charge >= 0.3 is 0 Å². The molecule has 0 unspecified atom stereocenters. The van der Waals surface area contributed by atoms with Gasteiger partial charge in [-0.3, -0.25) is 0 Å². The average molecular weight is 296 g/mol. The minimum atomic E-state index is 0.554. The molecule has 0 bridgehead atoms. The van der Waals surface area contributed by atoms with Crippen LogP contribution in [0.15, 0.2) is 36.4 Å². The van der Waals surface area contributed by atoms with E-state index in [0.717, 1.165) is 23.1 Å². The molecule has 4 nitrogen and oxygen atoms in total. The highest BCUT2D eigenvalue weighted by molar-refractivity contribution is 5.57. The van der Waals surface area contributed by atoms with Crippen molar-refractivity contribution in [3.8, 4) is 0 Å².